The molecule has 0 spiro atoms. The summed E-state index contributed by atoms with van der Waals surface area (Å²) in [6.45, 7) is 0. The van der Waals surface area contributed by atoms with Gasteiger partial charge in [-0.1, -0.05) is 36.4 Å². The van der Waals surface area contributed by atoms with Gasteiger partial charge in [0.05, 0.1) is 5.75 Å². The highest BCUT2D eigenvalue weighted by Crippen LogP contribution is 2.07. The highest BCUT2D eigenvalue weighted by Gasteiger charge is 2.00. The third-order valence-corrected chi connectivity index (χ3v) is 2.92. The zero-order valence-electron chi connectivity index (χ0n) is 7.84. The van der Waals surface area contributed by atoms with E-state index in [1.807, 2.05) is 24.3 Å². The van der Waals surface area contributed by atoms with Crippen LogP contribution >= 0.6 is 11.9 Å². The molecule has 0 N–H and O–H groups in total. The average Bonchev–Trinajstić information content (AvgIpc) is 2.29. The summed E-state index contributed by atoms with van der Waals surface area (Å²) in [5.74, 6) is 1.01. The number of aromatic nitrogens is 1. The molecule has 0 aliphatic rings. The van der Waals surface area contributed by atoms with E-state index < -0.39 is 0 Å². The Morgan fingerprint density at radius 2 is 1.50 bits per heavy atom. The van der Waals surface area contributed by atoms with E-state index >= 15 is 0 Å². The van der Waals surface area contributed by atoms with E-state index in [4.69, 9.17) is 0 Å². The van der Waals surface area contributed by atoms with E-state index in [9.17, 15) is 0 Å². The molecule has 1 heterocycles. The number of hydrogen-bond acceptors (Lipinski definition) is 1. The van der Waals surface area contributed by atoms with Gasteiger partial charge in [-0.15, -0.1) is 3.97 Å². The quantitative estimate of drug-likeness (QED) is 0.692. The van der Waals surface area contributed by atoms with E-state index in [1.165, 1.54) is 5.56 Å². The highest BCUT2D eigenvalue weighted by molar-refractivity contribution is 7.92. The van der Waals surface area contributed by atoms with E-state index in [-0.39, 0.29) is 0 Å². The number of nitrogens with zero attached hydrogens (tertiary/aromatic N) is 1. The largest absolute Gasteiger partial charge is 0.183 e. The lowest BCUT2D eigenvalue weighted by Gasteiger charge is -1.94. The predicted octanol–water partition coefficient (Wildman–Crippen LogP) is 2.67. The first-order valence-electron chi connectivity index (χ1n) is 4.59. The van der Waals surface area contributed by atoms with Gasteiger partial charge in [-0.3, -0.25) is 0 Å². The monoisotopic (exact) mass is 202 g/mol. The molecule has 0 aliphatic heterocycles. The fraction of sp³-hybridized carbons (Fsp3) is 0.0833. The molecule has 14 heavy (non-hydrogen) atoms. The lowest BCUT2D eigenvalue weighted by atomic mass is 10.2. The molecule has 0 unspecified atom stereocenters. The van der Waals surface area contributed by atoms with Gasteiger partial charge in [0.25, 0.3) is 0 Å². The molecule has 1 aromatic heterocycles. The van der Waals surface area contributed by atoms with E-state index in [2.05, 4.69) is 40.6 Å². The van der Waals surface area contributed by atoms with Crippen LogP contribution in [0.25, 0.3) is 0 Å². The summed E-state index contributed by atoms with van der Waals surface area (Å²) in [5.41, 5.74) is 1.36. The zero-order chi connectivity index (χ0) is 9.64. The van der Waals surface area contributed by atoms with Gasteiger partial charge in [-0.2, -0.15) is 0 Å². The normalized spacial score (nSPS) is 10.0. The van der Waals surface area contributed by atoms with Gasteiger partial charge in [-0.25, -0.2) is 0 Å². The van der Waals surface area contributed by atoms with E-state index in [0.29, 0.717) is 0 Å². The minimum Gasteiger partial charge on any atom is -0.134 e. The van der Waals surface area contributed by atoms with Crippen molar-refractivity contribution < 1.29 is 3.97 Å². The van der Waals surface area contributed by atoms with Gasteiger partial charge in [0, 0.05) is 12.1 Å². The summed E-state index contributed by atoms with van der Waals surface area (Å²) in [6.07, 6.45) is 4.13. The van der Waals surface area contributed by atoms with Crippen molar-refractivity contribution in [3.8, 4) is 0 Å². The molecule has 2 rings (SSSR count). The smallest absolute Gasteiger partial charge is 0.134 e. The second kappa shape index (κ2) is 4.82. The van der Waals surface area contributed by atoms with Gasteiger partial charge in [-0.05, 0) is 5.56 Å². The second-order valence-corrected chi connectivity index (χ2v) is 3.96. The second-order valence-electron chi connectivity index (χ2n) is 2.99. The molecule has 0 radical (unpaired) electrons. The third-order valence-electron chi connectivity index (χ3n) is 1.91. The fourth-order valence-electron chi connectivity index (χ4n) is 1.19. The first-order valence-corrected chi connectivity index (χ1v) is 5.53. The minimum atomic E-state index is 1.01. The number of pyridine rings is 1. The van der Waals surface area contributed by atoms with Crippen molar-refractivity contribution in [3.63, 3.8) is 0 Å². The molecule has 0 atom stereocenters. The van der Waals surface area contributed by atoms with Crippen LogP contribution in [0.2, 0.25) is 0 Å². The minimum absolute atomic E-state index is 1.01. The summed E-state index contributed by atoms with van der Waals surface area (Å²) in [6, 6.07) is 16.6. The Morgan fingerprint density at radius 1 is 0.857 bits per heavy atom. The lowest BCUT2D eigenvalue weighted by molar-refractivity contribution is -0.494. The van der Waals surface area contributed by atoms with Crippen molar-refractivity contribution in [1.82, 2.24) is 0 Å². The average molecular weight is 202 g/mol. The summed E-state index contributed by atoms with van der Waals surface area (Å²) in [7, 11) is 0. The van der Waals surface area contributed by atoms with Crippen LogP contribution in [0.1, 0.15) is 5.56 Å². The van der Waals surface area contributed by atoms with Crippen LogP contribution in [0.3, 0.4) is 0 Å². The Morgan fingerprint density at radius 3 is 2.21 bits per heavy atom. The topological polar surface area (TPSA) is 3.88 Å². The van der Waals surface area contributed by atoms with Crippen LogP contribution in [0.15, 0.2) is 60.9 Å². The maximum absolute atomic E-state index is 2.15. The molecular weight excluding hydrogens is 190 g/mol. The summed E-state index contributed by atoms with van der Waals surface area (Å²) in [5, 5.41) is 0. The number of benzene rings is 1. The van der Waals surface area contributed by atoms with Crippen LogP contribution in [-0.4, -0.2) is 0 Å². The van der Waals surface area contributed by atoms with Crippen molar-refractivity contribution in [2.24, 2.45) is 0 Å². The predicted molar refractivity (Wildman–Crippen MR) is 59.8 cm³/mol. The Hall–Kier alpha value is -1.28. The van der Waals surface area contributed by atoms with E-state index in [1.54, 1.807) is 11.9 Å². The van der Waals surface area contributed by atoms with Crippen LogP contribution < -0.4 is 3.97 Å². The first kappa shape index (κ1) is 9.28. The van der Waals surface area contributed by atoms with Crippen molar-refractivity contribution in [2.75, 3.05) is 0 Å². The van der Waals surface area contributed by atoms with Crippen molar-refractivity contribution in [3.05, 3.63) is 66.5 Å². The van der Waals surface area contributed by atoms with Crippen molar-refractivity contribution in [2.45, 2.75) is 5.75 Å². The van der Waals surface area contributed by atoms with E-state index in [0.717, 1.165) is 5.75 Å². The van der Waals surface area contributed by atoms with Gasteiger partial charge in [0.2, 0.25) is 0 Å². The molecule has 0 amide bonds. The number of hydrogen-bond donors (Lipinski definition) is 0. The standard InChI is InChI=1S/C12H12NS/c1-3-7-12(8-4-1)11-14-13-9-5-2-6-10-13/h1-10H,11H2/q+1. The molecule has 1 aromatic carbocycles. The van der Waals surface area contributed by atoms with Crippen LogP contribution in [0.5, 0.6) is 0 Å². The van der Waals surface area contributed by atoms with Crippen molar-refractivity contribution in [1.29, 1.82) is 0 Å². The highest BCUT2D eigenvalue weighted by atomic mass is 32.2. The van der Waals surface area contributed by atoms with Gasteiger partial charge < -0.3 is 0 Å². The Balaban J connectivity index is 1.96. The molecule has 1 nitrogen and oxygen atoms in total. The lowest BCUT2D eigenvalue weighted by Crippen LogP contribution is -2.22. The molecular formula is C12H12NS+. The first-order chi connectivity index (χ1) is 6.95. The molecule has 0 aliphatic carbocycles. The molecule has 0 saturated heterocycles. The summed E-state index contributed by atoms with van der Waals surface area (Å²) >= 11 is 1.79. The molecule has 0 bridgehead atoms. The summed E-state index contributed by atoms with van der Waals surface area (Å²) < 4.78 is 2.12. The van der Waals surface area contributed by atoms with Gasteiger partial charge >= 0.3 is 0 Å². The Kier molecular flexibility index (Phi) is 3.19. The maximum atomic E-state index is 2.15. The zero-order valence-corrected chi connectivity index (χ0v) is 8.65. The van der Waals surface area contributed by atoms with Gasteiger partial charge in [0.1, 0.15) is 0 Å². The maximum Gasteiger partial charge on any atom is 0.183 e. The summed E-state index contributed by atoms with van der Waals surface area (Å²) in [4.78, 5) is 0. The fourth-order valence-corrected chi connectivity index (χ4v) is 2.00. The van der Waals surface area contributed by atoms with Gasteiger partial charge in [0.15, 0.2) is 24.3 Å². The SMILES string of the molecule is c1ccc(CS[n+]2ccccc2)cc1. The van der Waals surface area contributed by atoms with Crippen LogP contribution in [-0.2, 0) is 5.75 Å². The van der Waals surface area contributed by atoms with Crippen molar-refractivity contribution >= 4 is 11.9 Å². The molecule has 2 heteroatoms. The third kappa shape index (κ3) is 2.60. The molecule has 0 fully saturated rings. The van der Waals surface area contributed by atoms with Crippen LogP contribution in [0.4, 0.5) is 0 Å². The molecule has 2 aromatic rings. The molecule has 70 valence electrons. The Labute approximate surface area is 88.5 Å². The Bertz CT molecular complexity index is 333. The molecule has 0 saturated carbocycles. The van der Waals surface area contributed by atoms with Crippen LogP contribution in [0, 0.1) is 0 Å². The number of rotatable bonds is 3.